The Hall–Kier alpha value is -1.94. The molecule has 0 atom stereocenters. The van der Waals surface area contributed by atoms with Gasteiger partial charge in [0, 0.05) is 0 Å². The Kier molecular flexibility index (Phi) is 5.48. The Morgan fingerprint density at radius 1 is 1.00 bits per heavy atom. The van der Waals surface area contributed by atoms with E-state index >= 15 is 0 Å². The first-order chi connectivity index (χ1) is 11.9. The summed E-state index contributed by atoms with van der Waals surface area (Å²) in [5, 5.41) is 8.87. The van der Waals surface area contributed by atoms with Crippen molar-refractivity contribution in [1.29, 1.82) is 0 Å². The van der Waals surface area contributed by atoms with Gasteiger partial charge in [0.2, 0.25) is 19.9 Å². The molecule has 2 N–H and O–H groups in total. The van der Waals surface area contributed by atoms with Gasteiger partial charge in [0.05, 0.1) is 14.8 Å². The van der Waals surface area contributed by atoms with Crippen LogP contribution < -0.4 is 4.72 Å². The Balaban J connectivity index is 2.57. The van der Waals surface area contributed by atoms with Crippen LogP contribution in [0, 0.1) is 0 Å². The number of hydrogen-bond donors (Lipinski definition) is 2. The Bertz CT molecular complexity index is 1050. The first-order valence-corrected chi connectivity index (χ1v) is 10.6. The fourth-order valence-electron chi connectivity index (χ4n) is 2.03. The van der Waals surface area contributed by atoms with Crippen molar-refractivity contribution >= 4 is 37.4 Å². The topological polar surface area (TPSA) is 118 Å². The molecular formula is C16H16ClNO6S2. The lowest BCUT2D eigenvalue weighted by Crippen LogP contribution is -2.49. The van der Waals surface area contributed by atoms with Gasteiger partial charge < -0.3 is 5.11 Å². The lowest BCUT2D eigenvalue weighted by Gasteiger charge is -2.21. The van der Waals surface area contributed by atoms with Crippen molar-refractivity contribution in [2.75, 3.05) is 0 Å². The maximum Gasteiger partial charge on any atom is 0.324 e. The summed E-state index contributed by atoms with van der Waals surface area (Å²) in [6.07, 6.45) is 0. The van der Waals surface area contributed by atoms with E-state index in [1.165, 1.54) is 30.3 Å². The highest BCUT2D eigenvalue weighted by atomic mass is 35.5. The smallest absolute Gasteiger partial charge is 0.324 e. The van der Waals surface area contributed by atoms with Gasteiger partial charge in [-0.1, -0.05) is 29.8 Å². The van der Waals surface area contributed by atoms with Crippen molar-refractivity contribution in [3.05, 3.63) is 53.6 Å². The minimum Gasteiger partial charge on any atom is -0.480 e. The molecule has 10 heteroatoms. The lowest BCUT2D eigenvalue weighted by molar-refractivity contribution is -0.142. The van der Waals surface area contributed by atoms with Crippen LogP contribution in [-0.4, -0.2) is 33.5 Å². The molecule has 0 fully saturated rings. The first-order valence-electron chi connectivity index (χ1n) is 7.25. The van der Waals surface area contributed by atoms with Crippen molar-refractivity contribution in [3.8, 4) is 0 Å². The molecule has 0 aliphatic carbocycles. The average molecular weight is 418 g/mol. The van der Waals surface area contributed by atoms with Crippen LogP contribution in [0.2, 0.25) is 5.02 Å². The molecule has 0 radical (unpaired) electrons. The highest BCUT2D eigenvalue weighted by Crippen LogP contribution is 2.28. The minimum atomic E-state index is -4.39. The molecule has 2 aromatic rings. The van der Waals surface area contributed by atoms with E-state index in [0.29, 0.717) is 0 Å². The van der Waals surface area contributed by atoms with Gasteiger partial charge in [-0.25, -0.2) is 16.8 Å². The number of halogens is 1. The van der Waals surface area contributed by atoms with Crippen LogP contribution in [0.5, 0.6) is 0 Å². The lowest BCUT2D eigenvalue weighted by atomic mass is 10.1. The summed E-state index contributed by atoms with van der Waals surface area (Å²) in [6, 6.07) is 10.7. The van der Waals surface area contributed by atoms with E-state index in [-0.39, 0.29) is 14.8 Å². The van der Waals surface area contributed by atoms with Crippen LogP contribution >= 0.6 is 11.6 Å². The summed E-state index contributed by atoms with van der Waals surface area (Å²) in [6.45, 7) is 2.32. The summed E-state index contributed by atoms with van der Waals surface area (Å²) in [5.74, 6) is -1.40. The molecule has 0 aliphatic heterocycles. The van der Waals surface area contributed by atoms with Gasteiger partial charge in [-0.2, -0.15) is 4.72 Å². The third kappa shape index (κ3) is 4.07. The summed E-state index contributed by atoms with van der Waals surface area (Å²) < 4.78 is 52.4. The summed E-state index contributed by atoms with van der Waals surface area (Å²) in [5.41, 5.74) is -1.81. The van der Waals surface area contributed by atoms with E-state index in [1.54, 1.807) is 6.07 Å². The number of rotatable bonds is 6. The van der Waals surface area contributed by atoms with E-state index in [9.17, 15) is 21.6 Å². The normalized spacial score (nSPS) is 12.7. The van der Waals surface area contributed by atoms with Crippen molar-refractivity contribution in [2.45, 2.75) is 34.1 Å². The predicted octanol–water partition coefficient (Wildman–Crippen LogP) is 2.31. The van der Waals surface area contributed by atoms with E-state index in [1.807, 2.05) is 4.72 Å². The Morgan fingerprint density at radius 3 is 2.12 bits per heavy atom. The molecule has 0 unspecified atom stereocenters. The maximum atomic E-state index is 12.7. The standard InChI is InChI=1S/C16H16ClNO6S2/c1-16(2,15(19)20)18-26(23,24)14-10-12(8-9-13(14)17)25(21,22)11-6-4-3-5-7-11/h3-10,18H,1-2H3,(H,19,20). The van der Waals surface area contributed by atoms with Crippen molar-refractivity contribution in [3.63, 3.8) is 0 Å². The number of sulfonamides is 1. The fourth-order valence-corrected chi connectivity index (χ4v) is 5.31. The second-order valence-electron chi connectivity index (χ2n) is 5.94. The number of nitrogens with one attached hydrogen (secondary N) is 1. The molecule has 7 nitrogen and oxygen atoms in total. The van der Waals surface area contributed by atoms with Crippen LogP contribution in [0.15, 0.2) is 63.2 Å². The maximum absolute atomic E-state index is 12.7. The van der Waals surface area contributed by atoms with Gasteiger partial charge >= 0.3 is 5.97 Å². The zero-order valence-corrected chi connectivity index (χ0v) is 16.2. The highest BCUT2D eigenvalue weighted by molar-refractivity contribution is 7.91. The zero-order chi connectivity index (χ0) is 19.8. The third-order valence-electron chi connectivity index (χ3n) is 3.48. The first kappa shape index (κ1) is 20.4. The molecule has 0 aromatic heterocycles. The number of carboxylic acid groups (broad SMARTS) is 1. The highest BCUT2D eigenvalue weighted by Gasteiger charge is 2.34. The van der Waals surface area contributed by atoms with E-state index in [0.717, 1.165) is 26.0 Å². The largest absolute Gasteiger partial charge is 0.480 e. The van der Waals surface area contributed by atoms with E-state index in [4.69, 9.17) is 16.7 Å². The van der Waals surface area contributed by atoms with Crippen LogP contribution in [0.25, 0.3) is 0 Å². The molecule has 2 rings (SSSR count). The second kappa shape index (κ2) is 6.99. The van der Waals surface area contributed by atoms with Gasteiger partial charge in [0.25, 0.3) is 0 Å². The Labute approximate surface area is 156 Å². The summed E-state index contributed by atoms with van der Waals surface area (Å²) in [7, 11) is -8.35. The molecule has 140 valence electrons. The van der Waals surface area contributed by atoms with Crippen molar-refractivity contribution < 1.29 is 26.7 Å². The molecule has 0 saturated heterocycles. The number of sulfone groups is 1. The molecule has 0 heterocycles. The van der Waals surface area contributed by atoms with Gasteiger partial charge in [-0.05, 0) is 44.2 Å². The number of hydrogen-bond acceptors (Lipinski definition) is 5. The van der Waals surface area contributed by atoms with Gasteiger partial charge in [-0.3, -0.25) is 4.79 Å². The van der Waals surface area contributed by atoms with Crippen LogP contribution in [-0.2, 0) is 24.7 Å². The third-order valence-corrected chi connectivity index (χ3v) is 7.38. The number of carbonyl (C=O) groups is 1. The SMILES string of the molecule is CC(C)(NS(=O)(=O)c1cc(S(=O)(=O)c2ccccc2)ccc1Cl)C(=O)O. The van der Waals surface area contributed by atoms with Gasteiger partial charge in [0.1, 0.15) is 10.4 Å². The van der Waals surface area contributed by atoms with Crippen molar-refractivity contribution in [2.24, 2.45) is 0 Å². The molecule has 0 amide bonds. The van der Waals surface area contributed by atoms with Crippen LogP contribution in [0.4, 0.5) is 0 Å². The number of benzene rings is 2. The number of aliphatic carboxylic acids is 1. The minimum absolute atomic E-state index is 0.00973. The van der Waals surface area contributed by atoms with Gasteiger partial charge in [0.15, 0.2) is 0 Å². The number of carboxylic acids is 1. The Morgan fingerprint density at radius 2 is 1.58 bits per heavy atom. The molecule has 2 aromatic carbocycles. The molecule has 0 aliphatic rings. The predicted molar refractivity (Wildman–Crippen MR) is 95.4 cm³/mol. The van der Waals surface area contributed by atoms with Crippen LogP contribution in [0.3, 0.4) is 0 Å². The quantitative estimate of drug-likeness (QED) is 0.744. The molecule has 26 heavy (non-hydrogen) atoms. The summed E-state index contributed by atoms with van der Waals surface area (Å²) >= 11 is 5.92. The van der Waals surface area contributed by atoms with Crippen LogP contribution in [0.1, 0.15) is 13.8 Å². The average Bonchev–Trinajstić information content (AvgIpc) is 2.54. The van der Waals surface area contributed by atoms with E-state index in [2.05, 4.69) is 0 Å². The molecule has 0 spiro atoms. The molecule has 0 bridgehead atoms. The van der Waals surface area contributed by atoms with Crippen molar-refractivity contribution in [1.82, 2.24) is 4.72 Å². The molecular weight excluding hydrogens is 402 g/mol. The van der Waals surface area contributed by atoms with Gasteiger partial charge in [-0.15, -0.1) is 0 Å². The zero-order valence-electron chi connectivity index (χ0n) is 13.8. The summed E-state index contributed by atoms with van der Waals surface area (Å²) in [4.78, 5) is 10.4. The van der Waals surface area contributed by atoms with E-state index < -0.39 is 36.3 Å². The molecule has 0 saturated carbocycles. The fraction of sp³-hybridized carbons (Fsp3) is 0.188. The second-order valence-corrected chi connectivity index (χ2v) is 9.95. The monoisotopic (exact) mass is 417 g/mol.